The van der Waals surface area contributed by atoms with Gasteiger partial charge >= 0.3 is 5.76 Å². The van der Waals surface area contributed by atoms with Crippen molar-refractivity contribution in [1.82, 2.24) is 29.1 Å². The minimum atomic E-state index is -0.739. The molecule has 1 aliphatic heterocycles. The lowest BCUT2D eigenvalue weighted by Crippen LogP contribution is -2.16. The third-order valence-electron chi connectivity index (χ3n) is 9.22. The van der Waals surface area contributed by atoms with Gasteiger partial charge in [-0.1, -0.05) is 24.3 Å². The summed E-state index contributed by atoms with van der Waals surface area (Å²) in [5.74, 6) is -1.62. The van der Waals surface area contributed by atoms with Crippen molar-refractivity contribution in [3.63, 3.8) is 0 Å². The van der Waals surface area contributed by atoms with Gasteiger partial charge in [-0.15, -0.1) is 5.10 Å². The molecule has 10 nitrogen and oxygen atoms in total. The summed E-state index contributed by atoms with van der Waals surface area (Å²) in [7, 11) is 0. The van der Waals surface area contributed by atoms with Gasteiger partial charge in [-0.3, -0.25) is 9.48 Å². The zero-order valence-corrected chi connectivity index (χ0v) is 25.7. The van der Waals surface area contributed by atoms with Gasteiger partial charge in [0, 0.05) is 35.8 Å². The van der Waals surface area contributed by atoms with Gasteiger partial charge in [0.15, 0.2) is 5.65 Å². The van der Waals surface area contributed by atoms with Crippen LogP contribution in [0.15, 0.2) is 86.9 Å². The SMILES string of the molecule is CC(c1ccc(C#N)c(F)c1)n1ccc2cc(-c3c(-c4n[nH]c(=O)o4)c(CCc4ccc(F)cc4)nc4c3c(=O)n3n4CCC3)ccc21. The third-order valence-corrected chi connectivity index (χ3v) is 9.22. The molecule has 0 fully saturated rings. The predicted octanol–water partition coefficient (Wildman–Crippen LogP) is 6.11. The largest absolute Gasteiger partial charge is 0.434 e. The van der Waals surface area contributed by atoms with Crippen LogP contribution >= 0.6 is 0 Å². The smallest absolute Gasteiger partial charge is 0.388 e. The Hall–Kier alpha value is -6.09. The summed E-state index contributed by atoms with van der Waals surface area (Å²) in [4.78, 5) is 31.3. The van der Waals surface area contributed by atoms with Crippen molar-refractivity contribution in [1.29, 1.82) is 5.26 Å². The van der Waals surface area contributed by atoms with Crippen LogP contribution in [0.2, 0.25) is 0 Å². The molecule has 8 rings (SSSR count). The second kappa shape index (κ2) is 11.3. The zero-order valence-electron chi connectivity index (χ0n) is 25.7. The maximum Gasteiger partial charge on any atom is 0.434 e. The van der Waals surface area contributed by atoms with E-state index in [1.54, 1.807) is 22.9 Å². The molecule has 1 aliphatic rings. The fourth-order valence-corrected chi connectivity index (χ4v) is 6.83. The molecular weight excluding hydrogens is 616 g/mol. The monoisotopic (exact) mass is 643 g/mol. The highest BCUT2D eigenvalue weighted by Crippen LogP contribution is 2.40. The molecule has 0 spiro atoms. The summed E-state index contributed by atoms with van der Waals surface area (Å²) in [5, 5.41) is 16.9. The van der Waals surface area contributed by atoms with Gasteiger partial charge in [0.2, 0.25) is 0 Å². The first-order valence-corrected chi connectivity index (χ1v) is 15.6. The highest BCUT2D eigenvalue weighted by Gasteiger charge is 2.29. The fourth-order valence-electron chi connectivity index (χ4n) is 6.83. The second-order valence-electron chi connectivity index (χ2n) is 12.0. The first-order chi connectivity index (χ1) is 23.3. The number of aryl methyl sites for hydroxylation is 3. The summed E-state index contributed by atoms with van der Waals surface area (Å²) in [6.45, 7) is 3.15. The van der Waals surface area contributed by atoms with Crippen LogP contribution in [0.4, 0.5) is 8.78 Å². The molecule has 48 heavy (non-hydrogen) atoms. The molecule has 1 atom stereocenters. The average molecular weight is 644 g/mol. The minimum Gasteiger partial charge on any atom is -0.388 e. The molecule has 3 aromatic carbocycles. The number of rotatable bonds is 7. The molecule has 5 heterocycles. The molecule has 12 heteroatoms. The van der Waals surface area contributed by atoms with Crippen LogP contribution in [0.3, 0.4) is 0 Å². The van der Waals surface area contributed by atoms with Gasteiger partial charge in [0.25, 0.3) is 11.4 Å². The Labute approximate surface area is 271 Å². The minimum absolute atomic E-state index is 0.00948. The number of halogens is 2. The quantitative estimate of drug-likeness (QED) is 0.223. The molecule has 0 saturated carbocycles. The van der Waals surface area contributed by atoms with Crippen LogP contribution < -0.4 is 11.3 Å². The van der Waals surface area contributed by atoms with Gasteiger partial charge in [-0.25, -0.2) is 28.3 Å². The maximum atomic E-state index is 14.5. The van der Waals surface area contributed by atoms with Crippen LogP contribution in [-0.2, 0) is 25.9 Å². The van der Waals surface area contributed by atoms with E-state index in [4.69, 9.17) is 14.7 Å². The van der Waals surface area contributed by atoms with Crippen molar-refractivity contribution in [2.24, 2.45) is 0 Å². The first kappa shape index (κ1) is 29.3. The average Bonchev–Trinajstić information content (AvgIpc) is 3.89. The number of H-pyrrole nitrogens is 1. The Morgan fingerprint density at radius 3 is 2.54 bits per heavy atom. The number of nitrogens with one attached hydrogen (secondary N) is 1. The van der Waals surface area contributed by atoms with E-state index in [0.717, 1.165) is 22.9 Å². The molecule has 238 valence electrons. The Kier molecular flexibility index (Phi) is 6.91. The molecule has 0 aliphatic carbocycles. The van der Waals surface area contributed by atoms with Crippen molar-refractivity contribution in [3.05, 3.63) is 128 Å². The standard InChI is InChI=1S/C36H27F2N7O3/c1-20(22-6-7-25(19-39)27(38)18-22)43-16-13-23-17-24(8-12-29(23)43)30-31(34-41-42-36(47)48-34)28(11-5-21-3-9-26(37)10-4-21)40-33-32(30)35(46)45-15-2-14-44(33)45/h3-4,6-10,12-13,16-18,20H,2,5,11,14-15H2,1H3,(H,42,47). The number of nitriles is 1. The van der Waals surface area contributed by atoms with Gasteiger partial charge in [0.05, 0.1) is 28.2 Å². The Morgan fingerprint density at radius 1 is 0.979 bits per heavy atom. The molecule has 1 unspecified atom stereocenters. The lowest BCUT2D eigenvalue weighted by molar-refractivity contribution is 0.526. The molecule has 7 aromatic rings. The summed E-state index contributed by atoms with van der Waals surface area (Å²) in [6.07, 6.45) is 3.64. The van der Waals surface area contributed by atoms with E-state index < -0.39 is 11.6 Å². The van der Waals surface area contributed by atoms with Crippen LogP contribution in [0.5, 0.6) is 0 Å². The van der Waals surface area contributed by atoms with Crippen molar-refractivity contribution < 1.29 is 13.2 Å². The summed E-state index contributed by atoms with van der Waals surface area (Å²) >= 11 is 0. The second-order valence-corrected chi connectivity index (χ2v) is 12.0. The van der Waals surface area contributed by atoms with E-state index in [9.17, 15) is 18.4 Å². The van der Waals surface area contributed by atoms with E-state index >= 15 is 0 Å². The van der Waals surface area contributed by atoms with Crippen molar-refractivity contribution in [2.45, 2.75) is 45.3 Å². The van der Waals surface area contributed by atoms with Crippen LogP contribution in [0, 0.1) is 23.0 Å². The van der Waals surface area contributed by atoms with Gasteiger partial charge in [-0.2, -0.15) is 5.26 Å². The molecule has 0 saturated heterocycles. The lowest BCUT2D eigenvalue weighted by atomic mass is 9.93. The van der Waals surface area contributed by atoms with Crippen molar-refractivity contribution in [3.8, 4) is 28.7 Å². The number of aromatic nitrogens is 6. The van der Waals surface area contributed by atoms with Crippen LogP contribution in [0.25, 0.3) is 44.5 Å². The van der Waals surface area contributed by atoms with Crippen LogP contribution in [0.1, 0.15) is 41.8 Å². The number of hydrogen-bond acceptors (Lipinski definition) is 6. The van der Waals surface area contributed by atoms with E-state index in [-0.39, 0.29) is 28.9 Å². The Morgan fingerprint density at radius 2 is 1.79 bits per heavy atom. The zero-order chi connectivity index (χ0) is 33.1. The predicted molar refractivity (Wildman–Crippen MR) is 174 cm³/mol. The number of benzene rings is 3. The Bertz CT molecular complexity index is 2550. The maximum absolute atomic E-state index is 14.5. The Balaban J connectivity index is 1.32. The molecule has 1 N–H and O–H groups in total. The number of nitrogens with zero attached hydrogens (tertiary/aromatic N) is 6. The molecule has 0 radical (unpaired) electrons. The molecule has 0 bridgehead atoms. The normalized spacial score (nSPS) is 13.3. The fraction of sp³-hybridized carbons (Fsp3) is 0.194. The highest BCUT2D eigenvalue weighted by atomic mass is 19.1. The van der Waals surface area contributed by atoms with E-state index in [2.05, 4.69) is 10.2 Å². The number of aromatic amines is 1. The van der Waals surface area contributed by atoms with E-state index in [1.807, 2.05) is 52.7 Å². The summed E-state index contributed by atoms with van der Waals surface area (Å²) in [6, 6.07) is 20.3. The van der Waals surface area contributed by atoms with E-state index in [1.165, 1.54) is 24.3 Å². The number of pyridine rings is 1. The van der Waals surface area contributed by atoms with Crippen molar-refractivity contribution in [2.75, 3.05) is 0 Å². The first-order valence-electron chi connectivity index (χ1n) is 15.6. The third kappa shape index (κ3) is 4.74. The van der Waals surface area contributed by atoms with Gasteiger partial charge in [-0.05, 0) is 85.3 Å². The number of fused-ring (bicyclic) bond motifs is 4. The molecule has 4 aromatic heterocycles. The topological polar surface area (TPSA) is 127 Å². The van der Waals surface area contributed by atoms with Crippen molar-refractivity contribution >= 4 is 21.9 Å². The lowest BCUT2D eigenvalue weighted by Gasteiger charge is -2.17. The summed E-state index contributed by atoms with van der Waals surface area (Å²) < 4.78 is 39.3. The van der Waals surface area contributed by atoms with Gasteiger partial charge < -0.3 is 8.98 Å². The molecular formula is C36H27F2N7O3. The van der Waals surface area contributed by atoms with Crippen LogP contribution in [-0.4, -0.2) is 29.1 Å². The highest BCUT2D eigenvalue weighted by molar-refractivity contribution is 6.02. The van der Waals surface area contributed by atoms with Gasteiger partial charge in [0.1, 0.15) is 17.7 Å². The molecule has 0 amide bonds. The summed E-state index contributed by atoms with van der Waals surface area (Å²) in [5.41, 5.74) is 5.10. The number of hydrogen-bond donors (Lipinski definition) is 1. The van der Waals surface area contributed by atoms with E-state index in [0.29, 0.717) is 64.9 Å².